The molecule has 0 amide bonds. The minimum atomic E-state index is -0.524. The summed E-state index contributed by atoms with van der Waals surface area (Å²) in [5.41, 5.74) is 0.636. The summed E-state index contributed by atoms with van der Waals surface area (Å²) in [7, 11) is 1.66. The summed E-state index contributed by atoms with van der Waals surface area (Å²) in [6, 6.07) is 10.4. The van der Waals surface area contributed by atoms with Crippen LogP contribution >= 0.6 is 0 Å². The third-order valence-corrected chi connectivity index (χ3v) is 4.42. The van der Waals surface area contributed by atoms with Crippen molar-refractivity contribution in [1.29, 1.82) is 0 Å². The average molecular weight is 272 g/mol. The molecular formula is C16H20N2O2. The standard InChI is InChI=1S/C16H20N2O2/c1-15(2,19-3)13-17-14(20-18-13)16(10-7-11-16)12-8-5-4-6-9-12/h4-6,8-9H,7,10-11H2,1-3H3. The quantitative estimate of drug-likeness (QED) is 0.855. The van der Waals surface area contributed by atoms with Gasteiger partial charge in [0, 0.05) is 7.11 Å². The van der Waals surface area contributed by atoms with Gasteiger partial charge in [-0.25, -0.2) is 0 Å². The summed E-state index contributed by atoms with van der Waals surface area (Å²) in [6.07, 6.45) is 3.32. The fraction of sp³-hybridized carbons (Fsp3) is 0.500. The van der Waals surface area contributed by atoms with Gasteiger partial charge in [0.25, 0.3) is 0 Å². The first-order valence-corrected chi connectivity index (χ1v) is 7.04. The SMILES string of the molecule is COC(C)(C)c1noc(C2(c3ccccc3)CCC2)n1. The van der Waals surface area contributed by atoms with Gasteiger partial charge in [0.2, 0.25) is 11.7 Å². The van der Waals surface area contributed by atoms with E-state index in [0.717, 1.165) is 18.7 Å². The van der Waals surface area contributed by atoms with Gasteiger partial charge in [0.05, 0.1) is 5.41 Å². The molecule has 0 radical (unpaired) electrons. The number of methoxy groups -OCH3 is 1. The molecule has 0 N–H and O–H groups in total. The van der Waals surface area contributed by atoms with E-state index in [9.17, 15) is 0 Å². The second kappa shape index (κ2) is 4.70. The molecule has 1 aromatic heterocycles. The Hall–Kier alpha value is -1.68. The number of ether oxygens (including phenoxy) is 1. The maximum absolute atomic E-state index is 5.57. The van der Waals surface area contributed by atoms with Gasteiger partial charge in [-0.1, -0.05) is 41.9 Å². The van der Waals surface area contributed by atoms with Crippen molar-refractivity contribution < 1.29 is 9.26 Å². The fourth-order valence-corrected chi connectivity index (χ4v) is 2.67. The molecule has 1 aromatic carbocycles. The molecule has 1 saturated carbocycles. The van der Waals surface area contributed by atoms with Gasteiger partial charge in [-0.05, 0) is 32.3 Å². The zero-order chi connectivity index (χ0) is 14.2. The molecule has 106 valence electrons. The van der Waals surface area contributed by atoms with Crippen LogP contribution in [0.5, 0.6) is 0 Å². The molecule has 1 aliphatic rings. The number of benzene rings is 1. The summed E-state index contributed by atoms with van der Waals surface area (Å²) in [5, 5.41) is 4.12. The molecule has 4 heteroatoms. The van der Waals surface area contributed by atoms with E-state index in [1.807, 2.05) is 19.9 Å². The Morgan fingerprint density at radius 3 is 2.45 bits per heavy atom. The van der Waals surface area contributed by atoms with E-state index in [0.29, 0.717) is 5.82 Å². The maximum atomic E-state index is 5.57. The van der Waals surface area contributed by atoms with E-state index in [2.05, 4.69) is 34.4 Å². The first-order chi connectivity index (χ1) is 9.58. The van der Waals surface area contributed by atoms with Crippen LogP contribution in [0.15, 0.2) is 34.9 Å². The third kappa shape index (κ3) is 1.95. The van der Waals surface area contributed by atoms with Gasteiger partial charge in [0.15, 0.2) is 0 Å². The zero-order valence-electron chi connectivity index (χ0n) is 12.2. The van der Waals surface area contributed by atoms with Crippen LogP contribution in [0.3, 0.4) is 0 Å². The predicted octanol–water partition coefficient (Wildman–Crippen LogP) is 3.42. The molecule has 20 heavy (non-hydrogen) atoms. The lowest BCUT2D eigenvalue weighted by atomic mass is 9.64. The highest BCUT2D eigenvalue weighted by atomic mass is 16.5. The van der Waals surface area contributed by atoms with Crippen LogP contribution in [0, 0.1) is 0 Å². The van der Waals surface area contributed by atoms with E-state index >= 15 is 0 Å². The van der Waals surface area contributed by atoms with Crippen molar-refractivity contribution in [3.8, 4) is 0 Å². The Labute approximate surface area is 119 Å². The Morgan fingerprint density at radius 1 is 1.20 bits per heavy atom. The molecule has 1 fully saturated rings. The van der Waals surface area contributed by atoms with Gasteiger partial charge in [-0.15, -0.1) is 0 Å². The minimum absolute atomic E-state index is 0.101. The zero-order valence-corrected chi connectivity index (χ0v) is 12.2. The molecular weight excluding hydrogens is 252 g/mol. The number of hydrogen-bond acceptors (Lipinski definition) is 4. The van der Waals surface area contributed by atoms with E-state index in [1.54, 1.807) is 7.11 Å². The van der Waals surface area contributed by atoms with Gasteiger partial charge in [0.1, 0.15) is 5.60 Å². The van der Waals surface area contributed by atoms with E-state index in [-0.39, 0.29) is 5.41 Å². The minimum Gasteiger partial charge on any atom is -0.371 e. The summed E-state index contributed by atoms with van der Waals surface area (Å²) < 4.78 is 11.0. The summed E-state index contributed by atoms with van der Waals surface area (Å²) in [6.45, 7) is 3.88. The third-order valence-electron chi connectivity index (χ3n) is 4.42. The Bertz CT molecular complexity index is 586. The van der Waals surface area contributed by atoms with E-state index in [1.165, 1.54) is 12.0 Å². The molecule has 0 saturated heterocycles. The molecule has 3 rings (SSSR count). The van der Waals surface area contributed by atoms with Crippen LogP contribution in [0.1, 0.15) is 50.4 Å². The summed E-state index contributed by atoms with van der Waals surface area (Å²) in [4.78, 5) is 4.62. The highest BCUT2D eigenvalue weighted by Crippen LogP contribution is 2.48. The van der Waals surface area contributed by atoms with Crippen molar-refractivity contribution >= 4 is 0 Å². The smallest absolute Gasteiger partial charge is 0.237 e. The molecule has 0 unspecified atom stereocenters. The molecule has 0 atom stereocenters. The molecule has 0 aliphatic heterocycles. The second-order valence-corrected chi connectivity index (χ2v) is 5.94. The molecule has 0 spiro atoms. The number of hydrogen-bond donors (Lipinski definition) is 0. The van der Waals surface area contributed by atoms with E-state index in [4.69, 9.17) is 9.26 Å². The molecule has 1 aliphatic carbocycles. The van der Waals surface area contributed by atoms with Crippen LogP contribution in [0.4, 0.5) is 0 Å². The topological polar surface area (TPSA) is 48.2 Å². The van der Waals surface area contributed by atoms with Gasteiger partial charge < -0.3 is 9.26 Å². The molecule has 2 aromatic rings. The van der Waals surface area contributed by atoms with Crippen molar-refractivity contribution in [3.05, 3.63) is 47.6 Å². The van der Waals surface area contributed by atoms with E-state index < -0.39 is 5.60 Å². The van der Waals surface area contributed by atoms with Crippen molar-refractivity contribution in [1.82, 2.24) is 10.1 Å². The van der Waals surface area contributed by atoms with Crippen LogP contribution < -0.4 is 0 Å². The second-order valence-electron chi connectivity index (χ2n) is 5.94. The first kappa shape index (κ1) is 13.3. The van der Waals surface area contributed by atoms with Crippen LogP contribution in [0.25, 0.3) is 0 Å². The normalized spacial score (nSPS) is 17.8. The van der Waals surface area contributed by atoms with Crippen molar-refractivity contribution in [2.75, 3.05) is 7.11 Å². The van der Waals surface area contributed by atoms with Crippen LogP contribution in [-0.2, 0) is 15.8 Å². The van der Waals surface area contributed by atoms with Gasteiger partial charge in [-0.3, -0.25) is 0 Å². The Balaban J connectivity index is 1.99. The van der Waals surface area contributed by atoms with Crippen molar-refractivity contribution in [3.63, 3.8) is 0 Å². The van der Waals surface area contributed by atoms with Crippen LogP contribution in [0.2, 0.25) is 0 Å². The van der Waals surface area contributed by atoms with Gasteiger partial charge >= 0.3 is 0 Å². The Morgan fingerprint density at radius 2 is 1.90 bits per heavy atom. The fourth-order valence-electron chi connectivity index (χ4n) is 2.67. The lowest BCUT2D eigenvalue weighted by molar-refractivity contribution is 0.00973. The number of rotatable bonds is 4. The molecule has 4 nitrogen and oxygen atoms in total. The van der Waals surface area contributed by atoms with Crippen molar-refractivity contribution in [2.24, 2.45) is 0 Å². The van der Waals surface area contributed by atoms with Crippen molar-refractivity contribution in [2.45, 2.75) is 44.1 Å². The first-order valence-electron chi connectivity index (χ1n) is 7.04. The highest BCUT2D eigenvalue weighted by Gasteiger charge is 2.46. The Kier molecular flexibility index (Phi) is 3.13. The average Bonchev–Trinajstić information content (AvgIpc) is 2.89. The van der Waals surface area contributed by atoms with Gasteiger partial charge in [-0.2, -0.15) is 4.98 Å². The number of nitrogens with zero attached hydrogens (tertiary/aromatic N) is 2. The highest BCUT2D eigenvalue weighted by molar-refractivity contribution is 5.34. The number of aromatic nitrogens is 2. The largest absolute Gasteiger partial charge is 0.371 e. The predicted molar refractivity (Wildman–Crippen MR) is 75.4 cm³/mol. The monoisotopic (exact) mass is 272 g/mol. The maximum Gasteiger partial charge on any atom is 0.237 e. The van der Waals surface area contributed by atoms with Crippen LogP contribution in [-0.4, -0.2) is 17.3 Å². The summed E-state index contributed by atoms with van der Waals surface area (Å²) in [5.74, 6) is 1.33. The lowest BCUT2D eigenvalue weighted by Gasteiger charge is -2.38. The lowest BCUT2D eigenvalue weighted by Crippen LogP contribution is -2.36. The molecule has 0 bridgehead atoms. The summed E-state index contributed by atoms with van der Waals surface area (Å²) >= 11 is 0. The molecule has 1 heterocycles.